The van der Waals surface area contributed by atoms with Crippen LogP contribution in [0.4, 0.5) is 13.2 Å². The summed E-state index contributed by atoms with van der Waals surface area (Å²) in [5, 5.41) is 2.50. The lowest BCUT2D eigenvalue weighted by atomic mass is 9.89. The van der Waals surface area contributed by atoms with Crippen LogP contribution in [0, 0.1) is 5.41 Å². The summed E-state index contributed by atoms with van der Waals surface area (Å²) in [6.07, 6.45) is -3.50. The van der Waals surface area contributed by atoms with Crippen molar-refractivity contribution in [1.29, 1.82) is 0 Å². The summed E-state index contributed by atoms with van der Waals surface area (Å²) >= 11 is 0. The number of carbonyl (C=O) groups excluding carboxylic acids is 1. The third-order valence-electron chi connectivity index (χ3n) is 3.90. The predicted molar refractivity (Wildman–Crippen MR) is 63.0 cm³/mol. The number of fused-ring (bicyclic) bond motifs is 3. The molecule has 3 rings (SSSR count). The van der Waals surface area contributed by atoms with E-state index in [-0.39, 0.29) is 11.1 Å². The Bertz CT molecular complexity index is 569. The molecule has 1 aliphatic carbocycles. The lowest BCUT2D eigenvalue weighted by Gasteiger charge is -2.23. The first kappa shape index (κ1) is 12.6. The molecule has 1 aliphatic heterocycles. The van der Waals surface area contributed by atoms with Crippen LogP contribution >= 0.6 is 0 Å². The van der Waals surface area contributed by atoms with E-state index in [0.29, 0.717) is 37.2 Å². The molecule has 2 heterocycles. The van der Waals surface area contributed by atoms with Crippen molar-refractivity contribution in [2.45, 2.75) is 39.4 Å². The summed E-state index contributed by atoms with van der Waals surface area (Å²) in [4.78, 5) is 11.8. The highest BCUT2D eigenvalue weighted by Crippen LogP contribution is 2.46. The molecule has 1 N–H and O–H groups in total. The van der Waals surface area contributed by atoms with Gasteiger partial charge >= 0.3 is 6.18 Å². The fourth-order valence-corrected chi connectivity index (χ4v) is 3.26. The highest BCUT2D eigenvalue weighted by atomic mass is 19.4. The molecule has 0 fully saturated rings. The van der Waals surface area contributed by atoms with Crippen molar-refractivity contribution in [3.05, 3.63) is 22.5 Å². The van der Waals surface area contributed by atoms with E-state index in [1.807, 2.05) is 13.8 Å². The van der Waals surface area contributed by atoms with E-state index in [0.717, 1.165) is 0 Å². The fourth-order valence-electron chi connectivity index (χ4n) is 3.26. The van der Waals surface area contributed by atoms with Gasteiger partial charge in [0, 0.05) is 18.8 Å². The number of hydrogen-bond acceptors (Lipinski definition) is 1. The van der Waals surface area contributed by atoms with Gasteiger partial charge in [0.05, 0.1) is 5.56 Å². The minimum atomic E-state index is -4.47. The second-order valence-corrected chi connectivity index (χ2v) is 6.07. The van der Waals surface area contributed by atoms with Gasteiger partial charge in [-0.05, 0) is 23.8 Å². The highest BCUT2D eigenvalue weighted by molar-refractivity contribution is 5.96. The van der Waals surface area contributed by atoms with E-state index in [1.54, 1.807) is 4.57 Å². The summed E-state index contributed by atoms with van der Waals surface area (Å²) in [7, 11) is 0. The predicted octanol–water partition coefficient (Wildman–Crippen LogP) is 2.38. The summed E-state index contributed by atoms with van der Waals surface area (Å²) in [6.45, 7) is 4.74. The first-order valence-electron chi connectivity index (χ1n) is 6.30. The van der Waals surface area contributed by atoms with Crippen LogP contribution in [0.2, 0.25) is 0 Å². The molecule has 0 aromatic carbocycles. The molecule has 0 radical (unpaired) electrons. The van der Waals surface area contributed by atoms with Gasteiger partial charge in [-0.25, -0.2) is 0 Å². The molecular formula is C13H15F3N2O. The summed E-state index contributed by atoms with van der Waals surface area (Å²) in [5.41, 5.74) is -0.0584. The Labute approximate surface area is 108 Å². The zero-order valence-electron chi connectivity index (χ0n) is 10.8. The maximum absolute atomic E-state index is 13.3. The molecule has 1 aromatic heterocycles. The Morgan fingerprint density at radius 1 is 1.26 bits per heavy atom. The minimum absolute atomic E-state index is 0.166. The van der Waals surface area contributed by atoms with Crippen LogP contribution in [-0.2, 0) is 25.6 Å². The van der Waals surface area contributed by atoms with E-state index < -0.39 is 17.6 Å². The number of alkyl halides is 3. The molecule has 0 atom stereocenters. The van der Waals surface area contributed by atoms with Gasteiger partial charge in [-0.2, -0.15) is 13.2 Å². The Balaban J connectivity index is 2.27. The van der Waals surface area contributed by atoms with Gasteiger partial charge in [-0.3, -0.25) is 4.79 Å². The maximum atomic E-state index is 13.3. The Hall–Kier alpha value is -1.46. The van der Waals surface area contributed by atoms with E-state index in [9.17, 15) is 18.0 Å². The van der Waals surface area contributed by atoms with Crippen molar-refractivity contribution in [2.24, 2.45) is 5.41 Å². The topological polar surface area (TPSA) is 34.0 Å². The number of nitrogens with one attached hydrogen (secondary N) is 1. The van der Waals surface area contributed by atoms with Gasteiger partial charge in [-0.1, -0.05) is 13.8 Å². The molecule has 0 spiro atoms. The zero-order chi connectivity index (χ0) is 14.0. The second-order valence-electron chi connectivity index (χ2n) is 6.07. The van der Waals surface area contributed by atoms with Gasteiger partial charge in [0.25, 0.3) is 5.91 Å². The van der Waals surface area contributed by atoms with Crippen LogP contribution in [0.3, 0.4) is 0 Å². The van der Waals surface area contributed by atoms with Crippen molar-refractivity contribution >= 4 is 5.91 Å². The maximum Gasteiger partial charge on any atom is 0.418 e. The second kappa shape index (κ2) is 3.55. The molecule has 1 aromatic rings. The van der Waals surface area contributed by atoms with Gasteiger partial charge in [-0.15, -0.1) is 0 Å². The molecule has 0 saturated heterocycles. The normalized spacial score (nSPS) is 21.0. The molecule has 6 heteroatoms. The molecule has 3 nitrogen and oxygen atoms in total. The number of aromatic nitrogens is 1. The van der Waals surface area contributed by atoms with Crippen LogP contribution in [0.15, 0.2) is 0 Å². The number of rotatable bonds is 0. The largest absolute Gasteiger partial charge is 0.418 e. The van der Waals surface area contributed by atoms with Gasteiger partial charge < -0.3 is 9.88 Å². The first-order chi connectivity index (χ1) is 8.71. The third kappa shape index (κ3) is 1.76. The fraction of sp³-hybridized carbons (Fsp3) is 0.615. The SMILES string of the molecule is CC1(C)Cc2c(C(F)(F)F)c3n(c2C1)CCNC3=O. The number of halogens is 3. The van der Waals surface area contributed by atoms with Crippen LogP contribution in [0.1, 0.15) is 41.2 Å². The molecule has 0 bridgehead atoms. The van der Waals surface area contributed by atoms with Crippen LogP contribution in [0.5, 0.6) is 0 Å². The Kier molecular flexibility index (Phi) is 2.35. The van der Waals surface area contributed by atoms with Crippen molar-refractivity contribution in [2.75, 3.05) is 6.54 Å². The zero-order valence-corrected chi connectivity index (χ0v) is 10.8. The van der Waals surface area contributed by atoms with Crippen LogP contribution < -0.4 is 5.32 Å². The molecule has 2 aliphatic rings. The van der Waals surface area contributed by atoms with Crippen molar-refractivity contribution in [1.82, 2.24) is 9.88 Å². The molecule has 104 valence electrons. The quantitative estimate of drug-likeness (QED) is 0.773. The Morgan fingerprint density at radius 3 is 2.58 bits per heavy atom. The van der Waals surface area contributed by atoms with Crippen molar-refractivity contribution in [3.8, 4) is 0 Å². The minimum Gasteiger partial charge on any atom is -0.349 e. The van der Waals surface area contributed by atoms with E-state index in [2.05, 4.69) is 5.32 Å². The van der Waals surface area contributed by atoms with Crippen molar-refractivity contribution < 1.29 is 18.0 Å². The standard InChI is InChI=1S/C13H15F3N2O/c1-12(2)5-7-8(6-12)18-4-3-17-11(19)10(18)9(7)13(14,15)16/h3-6H2,1-2H3,(H,17,19). The molecule has 19 heavy (non-hydrogen) atoms. The van der Waals surface area contributed by atoms with Crippen LogP contribution in [-0.4, -0.2) is 17.0 Å². The number of carbonyl (C=O) groups is 1. The van der Waals surface area contributed by atoms with E-state index in [4.69, 9.17) is 0 Å². The van der Waals surface area contributed by atoms with Crippen LogP contribution in [0.25, 0.3) is 0 Å². The van der Waals surface area contributed by atoms with Gasteiger partial charge in [0.15, 0.2) is 0 Å². The summed E-state index contributed by atoms with van der Waals surface area (Å²) < 4.78 is 41.5. The molecule has 0 saturated carbocycles. The molecule has 1 amide bonds. The lowest BCUT2D eigenvalue weighted by Crippen LogP contribution is -2.37. The highest BCUT2D eigenvalue weighted by Gasteiger charge is 2.47. The smallest absolute Gasteiger partial charge is 0.349 e. The van der Waals surface area contributed by atoms with Gasteiger partial charge in [0.1, 0.15) is 5.69 Å². The third-order valence-corrected chi connectivity index (χ3v) is 3.90. The lowest BCUT2D eigenvalue weighted by molar-refractivity contribution is -0.138. The van der Waals surface area contributed by atoms with Gasteiger partial charge in [0.2, 0.25) is 0 Å². The Morgan fingerprint density at radius 2 is 1.95 bits per heavy atom. The number of amides is 1. The van der Waals surface area contributed by atoms with Crippen molar-refractivity contribution in [3.63, 3.8) is 0 Å². The summed E-state index contributed by atoms with van der Waals surface area (Å²) in [5.74, 6) is -0.606. The van der Waals surface area contributed by atoms with E-state index in [1.165, 1.54) is 0 Å². The number of nitrogens with zero attached hydrogens (tertiary/aromatic N) is 1. The first-order valence-corrected chi connectivity index (χ1v) is 6.30. The summed E-state index contributed by atoms with van der Waals surface area (Å²) in [6, 6.07) is 0. The molecular weight excluding hydrogens is 257 g/mol. The monoisotopic (exact) mass is 272 g/mol. The average molecular weight is 272 g/mol. The average Bonchev–Trinajstić information content (AvgIpc) is 2.68. The van der Waals surface area contributed by atoms with E-state index >= 15 is 0 Å². The number of hydrogen-bond donors (Lipinski definition) is 1. The molecule has 0 unspecified atom stereocenters.